The molecule has 5 nitrogen and oxygen atoms in total. The fraction of sp³-hybridized carbons (Fsp3) is 0.846. The van der Waals surface area contributed by atoms with E-state index in [1.54, 1.807) is 20.8 Å². The van der Waals surface area contributed by atoms with Gasteiger partial charge in [-0.2, -0.15) is 0 Å². The first kappa shape index (κ1) is 15.0. The van der Waals surface area contributed by atoms with Crippen LogP contribution in [0.4, 0.5) is 0 Å². The third-order valence-electron chi connectivity index (χ3n) is 3.28. The molecule has 18 heavy (non-hydrogen) atoms. The highest BCUT2D eigenvalue weighted by Gasteiger charge is 2.39. The fourth-order valence-corrected chi connectivity index (χ4v) is 2.44. The second-order valence-corrected chi connectivity index (χ2v) is 5.95. The van der Waals surface area contributed by atoms with Gasteiger partial charge in [0.2, 0.25) is 0 Å². The Morgan fingerprint density at radius 3 is 2.33 bits per heavy atom. The van der Waals surface area contributed by atoms with Crippen LogP contribution in [0.3, 0.4) is 0 Å². The van der Waals surface area contributed by atoms with Gasteiger partial charge in [0.05, 0.1) is 5.92 Å². The molecule has 0 spiro atoms. The molecule has 0 aromatic rings. The summed E-state index contributed by atoms with van der Waals surface area (Å²) in [5.41, 5.74) is 5.29. The number of rotatable bonds is 3. The average Bonchev–Trinajstić information content (AvgIpc) is 2.25. The molecule has 3 atom stereocenters. The monoisotopic (exact) mass is 257 g/mol. The summed E-state index contributed by atoms with van der Waals surface area (Å²) in [5, 5.41) is 9.16. The van der Waals surface area contributed by atoms with Gasteiger partial charge >= 0.3 is 11.9 Å². The highest BCUT2D eigenvalue weighted by Crippen LogP contribution is 2.32. The molecule has 0 saturated heterocycles. The van der Waals surface area contributed by atoms with E-state index in [9.17, 15) is 9.59 Å². The predicted octanol–water partition coefficient (Wildman–Crippen LogP) is 1.55. The first-order chi connectivity index (χ1) is 8.22. The van der Waals surface area contributed by atoms with Crippen molar-refractivity contribution in [2.24, 2.45) is 17.6 Å². The Bertz CT molecular complexity index is 321. The maximum absolute atomic E-state index is 11.9. The van der Waals surface area contributed by atoms with Crippen molar-refractivity contribution < 1.29 is 19.4 Å². The van der Waals surface area contributed by atoms with E-state index >= 15 is 0 Å². The minimum absolute atomic E-state index is 0.314. The van der Waals surface area contributed by atoms with Crippen molar-refractivity contribution in [1.82, 2.24) is 0 Å². The zero-order valence-corrected chi connectivity index (χ0v) is 11.3. The van der Waals surface area contributed by atoms with Crippen molar-refractivity contribution in [2.45, 2.75) is 58.1 Å². The van der Waals surface area contributed by atoms with Gasteiger partial charge in [-0.1, -0.05) is 12.8 Å². The molecule has 1 aliphatic carbocycles. The van der Waals surface area contributed by atoms with Gasteiger partial charge in [-0.05, 0) is 39.5 Å². The summed E-state index contributed by atoms with van der Waals surface area (Å²) in [6.07, 6.45) is 3.08. The molecule has 0 heterocycles. The highest BCUT2D eigenvalue weighted by atomic mass is 16.6. The molecule has 0 aromatic heterocycles. The smallest absolute Gasteiger partial charge is 0.323 e. The van der Waals surface area contributed by atoms with Gasteiger partial charge in [0.15, 0.2) is 0 Å². The Balaban J connectivity index is 2.71. The third kappa shape index (κ3) is 3.98. The maximum atomic E-state index is 11.9. The standard InChI is InChI=1S/C13H23NO4/c1-13(2,3)18-12(17)10(14)8-6-4-5-7-9(8)11(15)16/h8-10H,4-7,14H2,1-3H3,(H,15,16). The molecule has 3 N–H and O–H groups in total. The average molecular weight is 257 g/mol. The number of nitrogens with two attached hydrogens (primary N) is 1. The minimum Gasteiger partial charge on any atom is -0.481 e. The van der Waals surface area contributed by atoms with Gasteiger partial charge in [-0.25, -0.2) is 0 Å². The van der Waals surface area contributed by atoms with Gasteiger partial charge in [0, 0.05) is 0 Å². The molecule has 5 heteroatoms. The van der Waals surface area contributed by atoms with E-state index in [2.05, 4.69) is 0 Å². The molecular weight excluding hydrogens is 234 g/mol. The summed E-state index contributed by atoms with van der Waals surface area (Å²) in [4.78, 5) is 23.1. The molecule has 0 aliphatic heterocycles. The Hall–Kier alpha value is -1.10. The van der Waals surface area contributed by atoms with Crippen LogP contribution in [0.2, 0.25) is 0 Å². The maximum Gasteiger partial charge on any atom is 0.323 e. The zero-order valence-electron chi connectivity index (χ0n) is 11.3. The molecule has 1 rings (SSSR count). The molecule has 104 valence electrons. The van der Waals surface area contributed by atoms with Crippen molar-refractivity contribution in [2.75, 3.05) is 0 Å². The van der Waals surface area contributed by atoms with E-state index < -0.39 is 29.5 Å². The second kappa shape index (κ2) is 5.69. The van der Waals surface area contributed by atoms with Gasteiger partial charge in [-0.3, -0.25) is 9.59 Å². The van der Waals surface area contributed by atoms with E-state index in [-0.39, 0.29) is 5.92 Å². The van der Waals surface area contributed by atoms with Crippen molar-refractivity contribution in [3.63, 3.8) is 0 Å². The highest BCUT2D eigenvalue weighted by molar-refractivity contribution is 5.78. The van der Waals surface area contributed by atoms with Crippen molar-refractivity contribution >= 4 is 11.9 Å². The topological polar surface area (TPSA) is 89.6 Å². The van der Waals surface area contributed by atoms with Crippen LogP contribution >= 0.6 is 0 Å². The second-order valence-electron chi connectivity index (χ2n) is 5.95. The van der Waals surface area contributed by atoms with Crippen LogP contribution in [0, 0.1) is 11.8 Å². The molecule has 0 aromatic carbocycles. The zero-order chi connectivity index (χ0) is 13.9. The third-order valence-corrected chi connectivity index (χ3v) is 3.28. The Kier molecular flexibility index (Phi) is 4.73. The number of ether oxygens (including phenoxy) is 1. The lowest BCUT2D eigenvalue weighted by molar-refractivity contribution is -0.160. The van der Waals surface area contributed by atoms with Gasteiger partial charge in [-0.15, -0.1) is 0 Å². The number of carbonyl (C=O) groups is 2. The minimum atomic E-state index is -0.862. The molecule has 0 amide bonds. The number of hydrogen-bond acceptors (Lipinski definition) is 4. The SMILES string of the molecule is CC(C)(C)OC(=O)C(N)C1CCCCC1C(=O)O. The molecular formula is C13H23NO4. The van der Waals surface area contributed by atoms with E-state index in [1.165, 1.54) is 0 Å². The molecule has 1 saturated carbocycles. The van der Waals surface area contributed by atoms with Crippen LogP contribution < -0.4 is 5.73 Å². The number of hydrogen-bond donors (Lipinski definition) is 2. The molecule has 3 unspecified atom stereocenters. The first-order valence-electron chi connectivity index (χ1n) is 6.43. The summed E-state index contributed by atoms with van der Waals surface area (Å²) in [7, 11) is 0. The van der Waals surface area contributed by atoms with E-state index in [0.29, 0.717) is 12.8 Å². The van der Waals surface area contributed by atoms with E-state index in [4.69, 9.17) is 15.6 Å². The molecule has 0 bridgehead atoms. The summed E-state index contributed by atoms with van der Waals surface area (Å²) in [5.74, 6) is -2.20. The van der Waals surface area contributed by atoms with Crippen molar-refractivity contribution in [3.05, 3.63) is 0 Å². The summed E-state index contributed by atoms with van der Waals surface area (Å²) in [6.45, 7) is 5.31. The Morgan fingerprint density at radius 2 is 1.83 bits per heavy atom. The van der Waals surface area contributed by atoms with E-state index in [1.807, 2.05) is 0 Å². The van der Waals surface area contributed by atoms with Crippen LogP contribution in [-0.2, 0) is 14.3 Å². The Labute approximate surface area is 108 Å². The Morgan fingerprint density at radius 1 is 1.28 bits per heavy atom. The molecule has 1 aliphatic rings. The summed E-state index contributed by atoms with van der Waals surface area (Å²) >= 11 is 0. The number of carbonyl (C=O) groups excluding carboxylic acids is 1. The lowest BCUT2D eigenvalue weighted by Crippen LogP contribution is -2.47. The van der Waals surface area contributed by atoms with Crippen LogP contribution in [0.1, 0.15) is 46.5 Å². The number of carboxylic acids is 1. The van der Waals surface area contributed by atoms with E-state index in [0.717, 1.165) is 12.8 Å². The van der Waals surface area contributed by atoms with Crippen molar-refractivity contribution in [1.29, 1.82) is 0 Å². The van der Waals surface area contributed by atoms with Crippen LogP contribution in [0.15, 0.2) is 0 Å². The number of aliphatic carboxylic acids is 1. The largest absolute Gasteiger partial charge is 0.481 e. The lowest BCUT2D eigenvalue weighted by atomic mass is 9.75. The summed E-state index contributed by atoms with van der Waals surface area (Å²) in [6, 6.07) is -0.842. The van der Waals surface area contributed by atoms with Gasteiger partial charge in [0.25, 0.3) is 0 Å². The first-order valence-corrected chi connectivity index (χ1v) is 6.43. The van der Waals surface area contributed by atoms with Crippen molar-refractivity contribution in [3.8, 4) is 0 Å². The van der Waals surface area contributed by atoms with Gasteiger partial charge in [0.1, 0.15) is 11.6 Å². The fourth-order valence-electron chi connectivity index (χ4n) is 2.44. The van der Waals surface area contributed by atoms with Gasteiger partial charge < -0.3 is 15.6 Å². The molecule has 0 radical (unpaired) electrons. The predicted molar refractivity (Wildman–Crippen MR) is 66.9 cm³/mol. The summed E-state index contributed by atoms with van der Waals surface area (Å²) < 4.78 is 5.22. The number of esters is 1. The quantitative estimate of drug-likeness (QED) is 0.749. The number of carboxylic acid groups (broad SMARTS) is 1. The van der Waals surface area contributed by atoms with Crippen LogP contribution in [-0.4, -0.2) is 28.7 Å². The normalized spacial score (nSPS) is 26.4. The molecule has 1 fully saturated rings. The van der Waals surface area contributed by atoms with Crippen LogP contribution in [0.25, 0.3) is 0 Å². The van der Waals surface area contributed by atoms with Crippen LogP contribution in [0.5, 0.6) is 0 Å². The lowest BCUT2D eigenvalue weighted by Gasteiger charge is -2.33.